The first-order chi connectivity index (χ1) is 8.86. The lowest BCUT2D eigenvalue weighted by molar-refractivity contribution is -0.137. The molecule has 1 aromatic carbocycles. The predicted molar refractivity (Wildman–Crippen MR) is 67.1 cm³/mol. The van der Waals surface area contributed by atoms with Gasteiger partial charge in [-0.2, -0.15) is 13.2 Å². The summed E-state index contributed by atoms with van der Waals surface area (Å²) in [7, 11) is 0. The van der Waals surface area contributed by atoms with Gasteiger partial charge in [-0.05, 0) is 24.6 Å². The quantitative estimate of drug-likeness (QED) is 0.585. The third-order valence-corrected chi connectivity index (χ3v) is 3.09. The van der Waals surface area contributed by atoms with Crippen molar-refractivity contribution < 1.29 is 17.6 Å². The number of halogens is 4. The number of benzene rings is 1. The minimum Gasteiger partial charge on any atom is -0.324 e. The van der Waals surface area contributed by atoms with Gasteiger partial charge in [0.2, 0.25) is 0 Å². The summed E-state index contributed by atoms with van der Waals surface area (Å²) in [5, 5.41) is 0. The second-order valence-electron chi connectivity index (χ2n) is 4.69. The molecule has 0 amide bonds. The van der Waals surface area contributed by atoms with Crippen LogP contribution in [0.2, 0.25) is 0 Å². The highest BCUT2D eigenvalue weighted by atomic mass is 19.4. The zero-order chi connectivity index (χ0) is 14.5. The summed E-state index contributed by atoms with van der Waals surface area (Å²) >= 11 is 0. The van der Waals surface area contributed by atoms with Crippen molar-refractivity contribution in [3.05, 3.63) is 35.1 Å². The Bertz CT molecular complexity index is 401. The minimum atomic E-state index is -4.47. The van der Waals surface area contributed by atoms with Gasteiger partial charge in [0, 0.05) is 11.6 Å². The largest absolute Gasteiger partial charge is 0.416 e. The Hall–Kier alpha value is -1.10. The summed E-state index contributed by atoms with van der Waals surface area (Å²) in [6, 6.07) is 1.71. The Morgan fingerprint density at radius 1 is 1.16 bits per heavy atom. The van der Waals surface area contributed by atoms with Gasteiger partial charge >= 0.3 is 6.18 Å². The number of alkyl halides is 3. The fraction of sp³-hybridized carbons (Fsp3) is 0.571. The van der Waals surface area contributed by atoms with E-state index in [1.54, 1.807) is 0 Å². The Kier molecular flexibility index (Phi) is 5.79. The molecule has 0 bridgehead atoms. The van der Waals surface area contributed by atoms with Gasteiger partial charge in [0.25, 0.3) is 0 Å². The summed E-state index contributed by atoms with van der Waals surface area (Å²) < 4.78 is 51.2. The molecule has 108 valence electrons. The van der Waals surface area contributed by atoms with Gasteiger partial charge < -0.3 is 5.73 Å². The van der Waals surface area contributed by atoms with Crippen molar-refractivity contribution in [2.75, 3.05) is 0 Å². The van der Waals surface area contributed by atoms with Crippen molar-refractivity contribution >= 4 is 0 Å². The predicted octanol–water partition coefficient (Wildman–Crippen LogP) is 4.81. The van der Waals surface area contributed by atoms with E-state index in [9.17, 15) is 17.6 Å². The molecule has 1 unspecified atom stereocenters. The fourth-order valence-corrected chi connectivity index (χ4v) is 1.95. The Morgan fingerprint density at radius 3 is 2.42 bits per heavy atom. The normalized spacial score (nSPS) is 13.6. The zero-order valence-electron chi connectivity index (χ0n) is 10.9. The second-order valence-corrected chi connectivity index (χ2v) is 4.69. The third kappa shape index (κ3) is 4.82. The molecule has 0 saturated carbocycles. The van der Waals surface area contributed by atoms with E-state index in [-0.39, 0.29) is 5.56 Å². The van der Waals surface area contributed by atoms with Crippen LogP contribution in [0.5, 0.6) is 0 Å². The number of nitrogens with two attached hydrogens (primary N) is 1. The molecule has 0 saturated heterocycles. The molecular weight excluding hydrogens is 258 g/mol. The average molecular weight is 277 g/mol. The molecule has 1 rings (SSSR count). The Balaban J connectivity index is 2.75. The smallest absolute Gasteiger partial charge is 0.324 e. The van der Waals surface area contributed by atoms with E-state index >= 15 is 0 Å². The molecule has 5 heteroatoms. The fourth-order valence-electron chi connectivity index (χ4n) is 1.95. The lowest BCUT2D eigenvalue weighted by Crippen LogP contribution is -2.14. The van der Waals surface area contributed by atoms with E-state index in [0.717, 1.165) is 43.9 Å². The van der Waals surface area contributed by atoms with Crippen LogP contribution in [-0.2, 0) is 6.18 Å². The molecule has 1 atom stereocenters. The minimum absolute atomic E-state index is 0.0497. The highest BCUT2D eigenvalue weighted by Crippen LogP contribution is 2.32. The molecule has 0 radical (unpaired) electrons. The first-order valence-corrected chi connectivity index (χ1v) is 6.48. The first kappa shape index (κ1) is 16.0. The molecule has 0 aliphatic heterocycles. The molecule has 2 N–H and O–H groups in total. The maximum absolute atomic E-state index is 13.5. The van der Waals surface area contributed by atoms with E-state index in [4.69, 9.17) is 5.73 Å². The third-order valence-electron chi connectivity index (χ3n) is 3.09. The Labute approximate surface area is 110 Å². The van der Waals surface area contributed by atoms with E-state index < -0.39 is 23.6 Å². The first-order valence-electron chi connectivity index (χ1n) is 6.48. The monoisotopic (exact) mass is 277 g/mol. The van der Waals surface area contributed by atoms with Gasteiger partial charge in [-0.1, -0.05) is 32.6 Å². The van der Waals surface area contributed by atoms with Crippen LogP contribution in [-0.4, -0.2) is 0 Å². The van der Waals surface area contributed by atoms with Gasteiger partial charge in [-0.25, -0.2) is 4.39 Å². The van der Waals surface area contributed by atoms with E-state index in [2.05, 4.69) is 6.92 Å². The van der Waals surface area contributed by atoms with Crippen LogP contribution in [0, 0.1) is 5.82 Å². The number of hydrogen-bond acceptors (Lipinski definition) is 1. The molecule has 0 heterocycles. The van der Waals surface area contributed by atoms with E-state index in [1.807, 2.05) is 0 Å². The van der Waals surface area contributed by atoms with Crippen LogP contribution in [0.25, 0.3) is 0 Å². The SMILES string of the molecule is CCCCCCC(N)c1cc(C(F)(F)F)ccc1F. The zero-order valence-corrected chi connectivity index (χ0v) is 10.9. The topological polar surface area (TPSA) is 26.0 Å². The van der Waals surface area contributed by atoms with E-state index in [1.165, 1.54) is 0 Å². The number of rotatable bonds is 6. The average Bonchev–Trinajstić information content (AvgIpc) is 2.33. The van der Waals surface area contributed by atoms with Crippen molar-refractivity contribution in [3.63, 3.8) is 0 Å². The number of hydrogen-bond donors (Lipinski definition) is 1. The summed E-state index contributed by atoms with van der Waals surface area (Å²) in [5.74, 6) is -0.670. The van der Waals surface area contributed by atoms with Gasteiger partial charge in [0.15, 0.2) is 0 Å². The van der Waals surface area contributed by atoms with Gasteiger partial charge in [-0.15, -0.1) is 0 Å². The van der Waals surface area contributed by atoms with Crippen molar-refractivity contribution in [1.29, 1.82) is 0 Å². The van der Waals surface area contributed by atoms with Crippen LogP contribution in [0.4, 0.5) is 17.6 Å². The molecule has 0 spiro atoms. The van der Waals surface area contributed by atoms with Gasteiger partial charge in [0.1, 0.15) is 5.82 Å². The highest BCUT2D eigenvalue weighted by molar-refractivity contribution is 5.29. The van der Waals surface area contributed by atoms with Gasteiger partial charge in [0.05, 0.1) is 5.56 Å². The maximum Gasteiger partial charge on any atom is 0.416 e. The van der Waals surface area contributed by atoms with Crippen LogP contribution in [0.15, 0.2) is 18.2 Å². The molecule has 1 nitrogen and oxygen atoms in total. The maximum atomic E-state index is 13.5. The van der Waals surface area contributed by atoms with Crippen LogP contribution in [0.1, 0.15) is 56.2 Å². The molecule has 1 aromatic rings. The molecule has 0 aromatic heterocycles. The molecule has 0 aliphatic rings. The lowest BCUT2D eigenvalue weighted by Gasteiger charge is -2.15. The van der Waals surface area contributed by atoms with E-state index in [0.29, 0.717) is 6.42 Å². The van der Waals surface area contributed by atoms with Crippen molar-refractivity contribution in [2.45, 2.75) is 51.2 Å². The highest BCUT2D eigenvalue weighted by Gasteiger charge is 2.31. The summed E-state index contributed by atoms with van der Waals surface area (Å²) in [6.45, 7) is 2.06. The summed E-state index contributed by atoms with van der Waals surface area (Å²) in [5.41, 5.74) is 4.88. The van der Waals surface area contributed by atoms with Crippen molar-refractivity contribution in [2.24, 2.45) is 5.73 Å². The molecule has 19 heavy (non-hydrogen) atoms. The lowest BCUT2D eigenvalue weighted by atomic mass is 9.98. The second kappa shape index (κ2) is 6.89. The van der Waals surface area contributed by atoms with Crippen molar-refractivity contribution in [3.8, 4) is 0 Å². The standard InChI is InChI=1S/C14H19F4N/c1-2-3-4-5-6-13(19)11-9-10(14(16,17)18)7-8-12(11)15/h7-9,13H,2-6,19H2,1H3. The van der Waals surface area contributed by atoms with Crippen LogP contribution in [0.3, 0.4) is 0 Å². The van der Waals surface area contributed by atoms with Gasteiger partial charge in [-0.3, -0.25) is 0 Å². The van der Waals surface area contributed by atoms with Crippen LogP contribution >= 0.6 is 0 Å². The molecule has 0 aliphatic carbocycles. The Morgan fingerprint density at radius 2 is 1.84 bits per heavy atom. The summed E-state index contributed by atoms with van der Waals surface area (Å²) in [4.78, 5) is 0. The number of unbranched alkanes of at least 4 members (excludes halogenated alkanes) is 3. The van der Waals surface area contributed by atoms with Crippen LogP contribution < -0.4 is 5.73 Å². The molecular formula is C14H19F4N. The summed E-state index contributed by atoms with van der Waals surface area (Å²) in [6.07, 6.45) is -0.0942. The van der Waals surface area contributed by atoms with Crippen molar-refractivity contribution in [1.82, 2.24) is 0 Å². The molecule has 0 fully saturated rings.